The number of nitrogens with zero attached hydrogens (tertiary/aromatic N) is 1. The minimum absolute atomic E-state index is 0.372. The van der Waals surface area contributed by atoms with Gasteiger partial charge >= 0.3 is 0 Å². The maximum absolute atomic E-state index is 10.3. The Hall–Kier alpha value is -0.0800. The lowest BCUT2D eigenvalue weighted by atomic mass is 9.78. The smallest absolute Gasteiger partial charge is 0.0799 e. The van der Waals surface area contributed by atoms with E-state index >= 15 is 0 Å². The van der Waals surface area contributed by atoms with Crippen LogP contribution in [0.2, 0.25) is 0 Å². The summed E-state index contributed by atoms with van der Waals surface area (Å²) in [4.78, 5) is 2.17. The number of hydrogen-bond donors (Lipinski definition) is 1. The third-order valence-corrected chi connectivity index (χ3v) is 3.19. The van der Waals surface area contributed by atoms with E-state index in [1.54, 1.807) is 0 Å². The van der Waals surface area contributed by atoms with Gasteiger partial charge in [0.2, 0.25) is 0 Å². The zero-order valence-electron chi connectivity index (χ0n) is 8.51. The Morgan fingerprint density at radius 2 is 2.08 bits per heavy atom. The first kappa shape index (κ1) is 10.0. The molecule has 0 heterocycles. The highest BCUT2D eigenvalue weighted by molar-refractivity contribution is 4.93. The molecule has 0 spiro atoms. The van der Waals surface area contributed by atoms with Gasteiger partial charge in [0.1, 0.15) is 0 Å². The number of likely N-dealkylation sites (N-methyl/N-ethyl adjacent to an activating group) is 1. The monoisotopic (exact) mass is 171 g/mol. The van der Waals surface area contributed by atoms with Gasteiger partial charge in [-0.3, -0.25) is 0 Å². The predicted octanol–water partition coefficient (Wildman–Crippen LogP) is 1.63. The van der Waals surface area contributed by atoms with Gasteiger partial charge in [-0.25, -0.2) is 0 Å². The summed E-state index contributed by atoms with van der Waals surface area (Å²) >= 11 is 0. The highest BCUT2D eigenvalue weighted by Crippen LogP contribution is 2.33. The van der Waals surface area contributed by atoms with Crippen molar-refractivity contribution in [2.75, 3.05) is 14.1 Å². The van der Waals surface area contributed by atoms with Crippen LogP contribution in [0.5, 0.6) is 0 Å². The fraction of sp³-hybridized carbons (Fsp3) is 1.00. The summed E-state index contributed by atoms with van der Waals surface area (Å²) in [5.74, 6) is 0. The normalized spacial score (nSPS) is 37.2. The van der Waals surface area contributed by atoms with Crippen molar-refractivity contribution in [3.8, 4) is 0 Å². The second-order valence-electron chi connectivity index (χ2n) is 4.18. The lowest BCUT2D eigenvalue weighted by Crippen LogP contribution is -2.51. The van der Waals surface area contributed by atoms with Crippen LogP contribution in [0.25, 0.3) is 0 Å². The summed E-state index contributed by atoms with van der Waals surface area (Å²) in [5, 5.41) is 10.3. The van der Waals surface area contributed by atoms with Gasteiger partial charge in [-0.1, -0.05) is 19.8 Å². The van der Waals surface area contributed by atoms with Gasteiger partial charge in [-0.05, 0) is 33.4 Å². The zero-order valence-corrected chi connectivity index (χ0v) is 8.51. The molecule has 1 saturated carbocycles. The zero-order chi connectivity index (χ0) is 9.19. The van der Waals surface area contributed by atoms with Crippen molar-refractivity contribution in [1.82, 2.24) is 4.90 Å². The number of aliphatic hydroxyl groups is 1. The van der Waals surface area contributed by atoms with Gasteiger partial charge in [0.15, 0.2) is 0 Å². The van der Waals surface area contributed by atoms with Gasteiger partial charge in [0.25, 0.3) is 0 Å². The van der Waals surface area contributed by atoms with E-state index < -0.39 is 5.60 Å². The molecule has 1 N–H and O–H groups in total. The molecule has 0 amide bonds. The molecule has 12 heavy (non-hydrogen) atoms. The van der Waals surface area contributed by atoms with Crippen molar-refractivity contribution in [2.45, 2.75) is 50.7 Å². The van der Waals surface area contributed by atoms with Gasteiger partial charge in [-0.2, -0.15) is 0 Å². The van der Waals surface area contributed by atoms with E-state index in [-0.39, 0.29) is 0 Å². The fourth-order valence-electron chi connectivity index (χ4n) is 2.36. The molecule has 1 rings (SSSR count). The molecular formula is C10H21NO. The first-order valence-corrected chi connectivity index (χ1v) is 4.99. The SMILES string of the molecule is CCC1(O)CCCCC1N(C)C. The lowest BCUT2D eigenvalue weighted by Gasteiger charge is -2.43. The molecule has 1 fully saturated rings. The Morgan fingerprint density at radius 1 is 1.42 bits per heavy atom. The van der Waals surface area contributed by atoms with E-state index in [2.05, 4.69) is 25.9 Å². The quantitative estimate of drug-likeness (QED) is 0.682. The molecule has 0 bridgehead atoms. The molecule has 2 atom stereocenters. The molecule has 2 heteroatoms. The summed E-state index contributed by atoms with van der Waals surface area (Å²) in [6.07, 6.45) is 5.47. The standard InChI is InChI=1S/C10H21NO/c1-4-10(12)8-6-5-7-9(10)11(2)3/h9,12H,4-8H2,1-3H3. The molecule has 0 saturated heterocycles. The summed E-state index contributed by atoms with van der Waals surface area (Å²) in [5.41, 5.74) is -0.415. The first-order chi connectivity index (χ1) is 5.60. The number of hydrogen-bond acceptors (Lipinski definition) is 2. The molecule has 0 radical (unpaired) electrons. The molecule has 0 aliphatic heterocycles. The van der Waals surface area contributed by atoms with Crippen LogP contribution in [-0.2, 0) is 0 Å². The van der Waals surface area contributed by atoms with Crippen molar-refractivity contribution in [3.05, 3.63) is 0 Å². The molecule has 0 aromatic heterocycles. The van der Waals surface area contributed by atoms with Crippen LogP contribution in [0.15, 0.2) is 0 Å². The highest BCUT2D eigenvalue weighted by atomic mass is 16.3. The van der Waals surface area contributed by atoms with Crippen molar-refractivity contribution >= 4 is 0 Å². The molecule has 0 aromatic carbocycles. The largest absolute Gasteiger partial charge is 0.388 e. The van der Waals surface area contributed by atoms with Gasteiger partial charge in [-0.15, -0.1) is 0 Å². The minimum Gasteiger partial charge on any atom is -0.388 e. The molecule has 2 nitrogen and oxygen atoms in total. The maximum atomic E-state index is 10.3. The van der Waals surface area contributed by atoms with Crippen LogP contribution in [0.1, 0.15) is 39.0 Å². The highest BCUT2D eigenvalue weighted by Gasteiger charge is 2.38. The molecule has 1 aliphatic rings. The van der Waals surface area contributed by atoms with Crippen LogP contribution in [0, 0.1) is 0 Å². The first-order valence-electron chi connectivity index (χ1n) is 4.99. The van der Waals surface area contributed by atoms with E-state index in [1.165, 1.54) is 12.8 Å². The van der Waals surface area contributed by atoms with Gasteiger partial charge in [0.05, 0.1) is 5.60 Å². The van der Waals surface area contributed by atoms with Crippen LogP contribution in [-0.4, -0.2) is 35.7 Å². The summed E-state index contributed by atoms with van der Waals surface area (Å²) in [7, 11) is 4.13. The summed E-state index contributed by atoms with van der Waals surface area (Å²) < 4.78 is 0. The predicted molar refractivity (Wildman–Crippen MR) is 51.2 cm³/mol. The number of rotatable bonds is 2. The lowest BCUT2D eigenvalue weighted by molar-refractivity contribution is -0.0628. The van der Waals surface area contributed by atoms with Crippen LogP contribution in [0.4, 0.5) is 0 Å². The second kappa shape index (κ2) is 3.75. The van der Waals surface area contributed by atoms with E-state index in [1.807, 2.05) is 0 Å². The Morgan fingerprint density at radius 3 is 2.50 bits per heavy atom. The molecule has 1 aliphatic carbocycles. The van der Waals surface area contributed by atoms with Crippen molar-refractivity contribution in [1.29, 1.82) is 0 Å². The molecule has 72 valence electrons. The van der Waals surface area contributed by atoms with E-state index in [0.29, 0.717) is 6.04 Å². The third kappa shape index (κ3) is 1.80. The van der Waals surface area contributed by atoms with Crippen LogP contribution >= 0.6 is 0 Å². The van der Waals surface area contributed by atoms with Crippen LogP contribution in [0.3, 0.4) is 0 Å². The Balaban J connectivity index is 2.66. The molecule has 2 unspecified atom stereocenters. The van der Waals surface area contributed by atoms with Crippen LogP contribution < -0.4 is 0 Å². The molecule has 0 aromatic rings. The average molecular weight is 171 g/mol. The topological polar surface area (TPSA) is 23.5 Å². The summed E-state index contributed by atoms with van der Waals surface area (Å²) in [6.45, 7) is 2.09. The average Bonchev–Trinajstić information content (AvgIpc) is 2.05. The van der Waals surface area contributed by atoms with Crippen molar-refractivity contribution in [2.24, 2.45) is 0 Å². The van der Waals surface area contributed by atoms with Gasteiger partial charge in [0, 0.05) is 6.04 Å². The molecular weight excluding hydrogens is 150 g/mol. The Bertz CT molecular complexity index is 147. The third-order valence-electron chi connectivity index (χ3n) is 3.19. The Kier molecular flexibility index (Phi) is 3.13. The van der Waals surface area contributed by atoms with E-state index in [9.17, 15) is 5.11 Å². The Labute approximate surface area is 75.6 Å². The summed E-state index contributed by atoms with van der Waals surface area (Å²) in [6, 6.07) is 0.372. The van der Waals surface area contributed by atoms with E-state index in [0.717, 1.165) is 19.3 Å². The van der Waals surface area contributed by atoms with E-state index in [4.69, 9.17) is 0 Å². The van der Waals surface area contributed by atoms with Crippen molar-refractivity contribution < 1.29 is 5.11 Å². The van der Waals surface area contributed by atoms with Gasteiger partial charge < -0.3 is 10.0 Å². The minimum atomic E-state index is -0.415. The van der Waals surface area contributed by atoms with Crippen molar-refractivity contribution in [3.63, 3.8) is 0 Å². The fourth-order valence-corrected chi connectivity index (χ4v) is 2.36. The maximum Gasteiger partial charge on any atom is 0.0799 e. The second-order valence-corrected chi connectivity index (χ2v) is 4.18.